The molecule has 0 spiro atoms. The fourth-order valence-electron chi connectivity index (χ4n) is 1.23. The number of rotatable bonds is 4. The van der Waals surface area contributed by atoms with Crippen molar-refractivity contribution in [3.8, 4) is 0 Å². The van der Waals surface area contributed by atoms with E-state index in [0.717, 1.165) is 6.07 Å². The van der Waals surface area contributed by atoms with Gasteiger partial charge in [0.15, 0.2) is 0 Å². The number of methoxy groups -OCH3 is 1. The van der Waals surface area contributed by atoms with Gasteiger partial charge in [0, 0.05) is 12.3 Å². The van der Waals surface area contributed by atoms with Crippen LogP contribution in [0.15, 0.2) is 23.1 Å². The second-order valence-electron chi connectivity index (χ2n) is 3.28. The Labute approximate surface area is 91.5 Å². The van der Waals surface area contributed by atoms with Crippen LogP contribution in [0.2, 0.25) is 0 Å². The monoisotopic (exact) mass is 227 g/mol. The Morgan fingerprint density at radius 2 is 2.25 bits per heavy atom. The van der Waals surface area contributed by atoms with E-state index in [9.17, 15) is 19.8 Å². The average molecular weight is 227 g/mol. The summed E-state index contributed by atoms with van der Waals surface area (Å²) < 4.78 is 4.35. The Kier molecular flexibility index (Phi) is 4.21. The second kappa shape index (κ2) is 5.43. The van der Waals surface area contributed by atoms with Crippen molar-refractivity contribution in [1.82, 2.24) is 4.98 Å². The number of carbonyl (C=O) groups excluding carboxylic acids is 1. The van der Waals surface area contributed by atoms with Gasteiger partial charge in [0.1, 0.15) is 6.10 Å². The molecular weight excluding hydrogens is 214 g/mol. The number of H-pyrrole nitrogens is 1. The van der Waals surface area contributed by atoms with E-state index in [1.807, 2.05) is 0 Å². The summed E-state index contributed by atoms with van der Waals surface area (Å²) in [7, 11) is 1.19. The predicted octanol–water partition coefficient (Wildman–Crippen LogP) is -0.668. The molecule has 88 valence electrons. The molecule has 0 aliphatic heterocycles. The van der Waals surface area contributed by atoms with Gasteiger partial charge in [-0.25, -0.2) is 0 Å². The minimum atomic E-state index is -1.30. The Hall–Kier alpha value is -1.66. The van der Waals surface area contributed by atoms with Crippen molar-refractivity contribution in [2.24, 2.45) is 0 Å². The number of carbonyl (C=O) groups is 1. The number of aliphatic hydroxyl groups excluding tert-OH is 2. The first-order chi connectivity index (χ1) is 7.54. The highest BCUT2D eigenvalue weighted by Crippen LogP contribution is 2.17. The summed E-state index contributed by atoms with van der Waals surface area (Å²) in [5.41, 5.74) is -0.137. The lowest BCUT2D eigenvalue weighted by Gasteiger charge is -2.16. The van der Waals surface area contributed by atoms with E-state index in [-0.39, 0.29) is 17.5 Å². The summed E-state index contributed by atoms with van der Waals surface area (Å²) >= 11 is 0. The topological polar surface area (TPSA) is 99.6 Å². The number of esters is 1. The summed E-state index contributed by atoms with van der Waals surface area (Å²) in [6.07, 6.45) is -1.56. The third-order valence-corrected chi connectivity index (χ3v) is 2.11. The van der Waals surface area contributed by atoms with Crippen molar-refractivity contribution in [2.45, 2.75) is 18.6 Å². The van der Waals surface area contributed by atoms with Crippen molar-refractivity contribution in [3.05, 3.63) is 34.2 Å². The molecule has 1 rings (SSSR count). The van der Waals surface area contributed by atoms with Crippen molar-refractivity contribution < 1.29 is 19.7 Å². The van der Waals surface area contributed by atoms with E-state index in [1.165, 1.54) is 19.4 Å². The molecule has 2 unspecified atom stereocenters. The molecule has 3 N–H and O–H groups in total. The maximum Gasteiger partial charge on any atom is 0.308 e. The maximum absolute atomic E-state index is 11.0. The van der Waals surface area contributed by atoms with Gasteiger partial charge in [-0.3, -0.25) is 9.59 Å². The van der Waals surface area contributed by atoms with Gasteiger partial charge >= 0.3 is 5.97 Å². The van der Waals surface area contributed by atoms with Crippen molar-refractivity contribution >= 4 is 5.97 Å². The molecule has 0 amide bonds. The molecule has 0 radical (unpaired) electrons. The molecule has 16 heavy (non-hydrogen) atoms. The molecule has 0 saturated carbocycles. The standard InChI is InChI=1S/C10H13NO5/c1-16-9(14)5-7(12)10(15)6-2-3-11-8(13)4-6/h2-4,7,10,12,15H,5H2,1H3,(H,11,13). The largest absolute Gasteiger partial charge is 0.469 e. The average Bonchev–Trinajstić information content (AvgIpc) is 2.27. The first kappa shape index (κ1) is 12.4. The highest BCUT2D eigenvalue weighted by Gasteiger charge is 2.21. The minimum absolute atomic E-state index is 0.250. The van der Waals surface area contributed by atoms with Gasteiger partial charge in [-0.15, -0.1) is 0 Å². The van der Waals surface area contributed by atoms with Crippen LogP contribution in [-0.4, -0.2) is 34.4 Å². The van der Waals surface area contributed by atoms with Crippen LogP contribution in [0, 0.1) is 0 Å². The van der Waals surface area contributed by atoms with Crippen LogP contribution >= 0.6 is 0 Å². The number of aliphatic hydroxyl groups is 2. The van der Waals surface area contributed by atoms with E-state index in [4.69, 9.17) is 0 Å². The lowest BCUT2D eigenvalue weighted by Crippen LogP contribution is -2.23. The number of ether oxygens (including phenoxy) is 1. The Morgan fingerprint density at radius 1 is 1.56 bits per heavy atom. The van der Waals surface area contributed by atoms with Gasteiger partial charge in [0.25, 0.3) is 0 Å². The Balaban J connectivity index is 2.73. The Morgan fingerprint density at radius 3 is 2.81 bits per heavy atom. The number of hydrogen-bond donors (Lipinski definition) is 3. The molecule has 0 bridgehead atoms. The summed E-state index contributed by atoms with van der Waals surface area (Å²) in [5, 5.41) is 19.1. The number of hydrogen-bond acceptors (Lipinski definition) is 5. The molecule has 0 aliphatic carbocycles. The first-order valence-electron chi connectivity index (χ1n) is 4.66. The van der Waals surface area contributed by atoms with Crippen LogP contribution in [0.1, 0.15) is 18.1 Å². The molecule has 1 aromatic rings. The molecule has 6 nitrogen and oxygen atoms in total. The smallest absolute Gasteiger partial charge is 0.308 e. The SMILES string of the molecule is COC(=O)CC(O)C(O)c1cc[nH]c(=O)c1. The van der Waals surface area contributed by atoms with E-state index in [1.54, 1.807) is 0 Å². The fraction of sp³-hybridized carbons (Fsp3) is 0.400. The molecule has 1 heterocycles. The quantitative estimate of drug-likeness (QED) is 0.592. The minimum Gasteiger partial charge on any atom is -0.469 e. The molecular formula is C10H13NO5. The van der Waals surface area contributed by atoms with Gasteiger partial charge in [0.05, 0.1) is 19.6 Å². The summed E-state index contributed by atoms with van der Waals surface area (Å²) in [4.78, 5) is 24.2. The lowest BCUT2D eigenvalue weighted by atomic mass is 10.0. The lowest BCUT2D eigenvalue weighted by molar-refractivity contribution is -0.144. The van der Waals surface area contributed by atoms with E-state index >= 15 is 0 Å². The normalized spacial score (nSPS) is 14.2. The van der Waals surface area contributed by atoms with E-state index < -0.39 is 18.2 Å². The third-order valence-electron chi connectivity index (χ3n) is 2.11. The van der Waals surface area contributed by atoms with Crippen LogP contribution in [0.5, 0.6) is 0 Å². The van der Waals surface area contributed by atoms with Crippen LogP contribution < -0.4 is 5.56 Å². The number of aromatic amines is 1. The molecule has 0 fully saturated rings. The molecule has 2 atom stereocenters. The summed E-state index contributed by atoms with van der Waals surface area (Å²) in [6, 6.07) is 2.61. The molecule has 0 aromatic carbocycles. The maximum atomic E-state index is 11.0. The van der Waals surface area contributed by atoms with Gasteiger partial charge in [-0.2, -0.15) is 0 Å². The van der Waals surface area contributed by atoms with Crippen LogP contribution in [0.3, 0.4) is 0 Å². The highest BCUT2D eigenvalue weighted by molar-refractivity contribution is 5.69. The molecule has 0 saturated heterocycles. The van der Waals surface area contributed by atoms with E-state index in [2.05, 4.69) is 9.72 Å². The van der Waals surface area contributed by atoms with Crippen LogP contribution in [-0.2, 0) is 9.53 Å². The molecule has 1 aromatic heterocycles. The van der Waals surface area contributed by atoms with Gasteiger partial charge in [0.2, 0.25) is 5.56 Å². The van der Waals surface area contributed by atoms with Crippen molar-refractivity contribution in [2.75, 3.05) is 7.11 Å². The zero-order chi connectivity index (χ0) is 12.1. The van der Waals surface area contributed by atoms with Crippen LogP contribution in [0.4, 0.5) is 0 Å². The predicted molar refractivity (Wildman–Crippen MR) is 54.7 cm³/mol. The van der Waals surface area contributed by atoms with Gasteiger partial charge in [-0.05, 0) is 11.6 Å². The zero-order valence-corrected chi connectivity index (χ0v) is 8.71. The van der Waals surface area contributed by atoms with E-state index in [0.29, 0.717) is 0 Å². The number of pyridine rings is 1. The zero-order valence-electron chi connectivity index (χ0n) is 8.71. The van der Waals surface area contributed by atoms with Crippen molar-refractivity contribution in [3.63, 3.8) is 0 Å². The Bertz CT molecular complexity index is 414. The van der Waals surface area contributed by atoms with Gasteiger partial charge in [-0.1, -0.05) is 0 Å². The van der Waals surface area contributed by atoms with Gasteiger partial charge < -0.3 is 19.9 Å². The first-order valence-corrected chi connectivity index (χ1v) is 4.66. The second-order valence-corrected chi connectivity index (χ2v) is 3.28. The number of nitrogens with one attached hydrogen (secondary N) is 1. The summed E-state index contributed by atoms with van der Waals surface area (Å²) in [5.74, 6) is -0.628. The summed E-state index contributed by atoms with van der Waals surface area (Å²) in [6.45, 7) is 0. The fourth-order valence-corrected chi connectivity index (χ4v) is 1.23. The molecule has 6 heteroatoms. The number of aromatic nitrogens is 1. The highest BCUT2D eigenvalue weighted by atomic mass is 16.5. The third kappa shape index (κ3) is 3.18. The van der Waals surface area contributed by atoms with Crippen molar-refractivity contribution in [1.29, 1.82) is 0 Å². The van der Waals surface area contributed by atoms with Crippen LogP contribution in [0.25, 0.3) is 0 Å². The molecule has 0 aliphatic rings.